The molecule has 2 aromatic carbocycles. The number of hydrogen-bond acceptors (Lipinski definition) is 7. The number of esters is 3. The molecule has 0 aromatic heterocycles. The summed E-state index contributed by atoms with van der Waals surface area (Å²) in [5.41, 5.74) is 1.23. The lowest BCUT2D eigenvalue weighted by Gasteiger charge is -2.32. The van der Waals surface area contributed by atoms with Crippen LogP contribution in [-0.2, 0) is 41.8 Å². The first-order valence-electron chi connectivity index (χ1n) is 12.6. The van der Waals surface area contributed by atoms with Gasteiger partial charge in [0.2, 0.25) is 0 Å². The summed E-state index contributed by atoms with van der Waals surface area (Å²) >= 11 is 0. The Morgan fingerprint density at radius 2 is 1.36 bits per heavy atom. The molecule has 1 saturated carbocycles. The van der Waals surface area contributed by atoms with Crippen molar-refractivity contribution in [2.24, 2.45) is 5.92 Å². The summed E-state index contributed by atoms with van der Waals surface area (Å²) in [5, 5.41) is 3.30. The number of nitrogens with one attached hydrogen (secondary N) is 1. The molecule has 1 atom stereocenters. The van der Waals surface area contributed by atoms with E-state index in [0.29, 0.717) is 25.7 Å². The highest BCUT2D eigenvalue weighted by Gasteiger charge is 2.33. The number of carbonyl (C=O) groups excluding carboxylic acids is 3. The lowest BCUT2D eigenvalue weighted by molar-refractivity contribution is -0.161. The quantitative estimate of drug-likeness (QED) is 0.377. The lowest BCUT2D eigenvalue weighted by Crippen LogP contribution is -2.47. The summed E-state index contributed by atoms with van der Waals surface area (Å²) < 4.78 is 16.5. The molecule has 1 aliphatic carbocycles. The van der Waals surface area contributed by atoms with E-state index < -0.39 is 23.6 Å². The summed E-state index contributed by atoms with van der Waals surface area (Å²) in [5.74, 6) is -1.30. The van der Waals surface area contributed by atoms with Crippen LogP contribution in [0.4, 0.5) is 0 Å². The third kappa shape index (κ3) is 9.46. The van der Waals surface area contributed by atoms with Crippen LogP contribution in [0.25, 0.3) is 0 Å². The summed E-state index contributed by atoms with van der Waals surface area (Å²) in [7, 11) is 0. The van der Waals surface area contributed by atoms with E-state index in [2.05, 4.69) is 5.32 Å². The van der Waals surface area contributed by atoms with Gasteiger partial charge in [-0.25, -0.2) is 0 Å². The first-order valence-corrected chi connectivity index (χ1v) is 12.6. The summed E-state index contributed by atoms with van der Waals surface area (Å²) in [6.45, 7) is 5.86. The molecule has 1 fully saturated rings. The number of ether oxygens (including phenoxy) is 3. The van der Waals surface area contributed by atoms with Gasteiger partial charge in [0.05, 0.1) is 12.3 Å². The first kappa shape index (κ1) is 27.4. The third-order valence-electron chi connectivity index (χ3n) is 6.03. The van der Waals surface area contributed by atoms with Gasteiger partial charge in [-0.2, -0.15) is 0 Å². The first-order chi connectivity index (χ1) is 17.2. The topological polar surface area (TPSA) is 90.9 Å². The zero-order valence-corrected chi connectivity index (χ0v) is 21.4. The van der Waals surface area contributed by atoms with Crippen LogP contribution < -0.4 is 5.32 Å². The zero-order chi connectivity index (χ0) is 26.0. The average molecular weight is 496 g/mol. The molecule has 2 aromatic rings. The standard InChI is InChI=1S/C29H37NO6/c1-29(2,3)36-27(32)23-14-16-24(17-15-23)30-25(28(33)35-20-22-12-8-5-9-13-22)18-26(31)34-19-21-10-6-4-7-11-21/h4-13,23-25,30H,14-20H2,1-3H3/t23?,24?,25-/m0/s1. The number of carbonyl (C=O) groups is 3. The van der Waals surface area contributed by atoms with Crippen LogP contribution in [0.3, 0.4) is 0 Å². The number of benzene rings is 2. The molecule has 0 spiro atoms. The van der Waals surface area contributed by atoms with Gasteiger partial charge in [-0.15, -0.1) is 0 Å². The van der Waals surface area contributed by atoms with Gasteiger partial charge in [0.25, 0.3) is 0 Å². The zero-order valence-electron chi connectivity index (χ0n) is 21.4. The molecule has 194 valence electrons. The molecule has 0 bridgehead atoms. The molecule has 0 unspecified atom stereocenters. The maximum Gasteiger partial charge on any atom is 0.324 e. The maximum absolute atomic E-state index is 13.0. The monoisotopic (exact) mass is 495 g/mol. The van der Waals surface area contributed by atoms with Crippen LogP contribution >= 0.6 is 0 Å². The fourth-order valence-corrected chi connectivity index (χ4v) is 4.17. The molecule has 0 saturated heterocycles. The van der Waals surface area contributed by atoms with Gasteiger partial charge in [0.1, 0.15) is 24.9 Å². The van der Waals surface area contributed by atoms with E-state index in [9.17, 15) is 14.4 Å². The minimum Gasteiger partial charge on any atom is -0.461 e. The van der Waals surface area contributed by atoms with Crippen molar-refractivity contribution >= 4 is 17.9 Å². The van der Waals surface area contributed by atoms with Gasteiger partial charge >= 0.3 is 17.9 Å². The largest absolute Gasteiger partial charge is 0.461 e. The van der Waals surface area contributed by atoms with Gasteiger partial charge in [-0.05, 0) is 57.6 Å². The minimum atomic E-state index is -0.833. The fraction of sp³-hybridized carbons (Fsp3) is 0.483. The highest BCUT2D eigenvalue weighted by molar-refractivity contribution is 5.82. The van der Waals surface area contributed by atoms with Crippen LogP contribution in [0.2, 0.25) is 0 Å². The molecule has 1 aliphatic rings. The van der Waals surface area contributed by atoms with Crippen molar-refractivity contribution in [3.8, 4) is 0 Å². The Bertz CT molecular complexity index is 978. The van der Waals surface area contributed by atoms with Crippen molar-refractivity contribution in [2.45, 2.75) is 83.8 Å². The van der Waals surface area contributed by atoms with Crippen LogP contribution in [0.15, 0.2) is 60.7 Å². The predicted molar refractivity (Wildman–Crippen MR) is 136 cm³/mol. The Balaban J connectivity index is 1.56. The third-order valence-corrected chi connectivity index (χ3v) is 6.03. The molecule has 3 rings (SSSR count). The molecule has 0 heterocycles. The van der Waals surface area contributed by atoms with Crippen molar-refractivity contribution in [1.82, 2.24) is 5.32 Å². The second-order valence-electron chi connectivity index (χ2n) is 10.2. The maximum atomic E-state index is 13.0. The SMILES string of the molecule is CC(C)(C)OC(=O)C1CCC(N[C@@H](CC(=O)OCc2ccccc2)C(=O)OCc2ccccc2)CC1. The van der Waals surface area contributed by atoms with Gasteiger partial charge in [0.15, 0.2) is 0 Å². The Labute approximate surface area is 213 Å². The average Bonchev–Trinajstić information content (AvgIpc) is 2.86. The Morgan fingerprint density at radius 1 is 0.833 bits per heavy atom. The molecule has 7 nitrogen and oxygen atoms in total. The Morgan fingerprint density at radius 3 is 1.89 bits per heavy atom. The molecule has 36 heavy (non-hydrogen) atoms. The van der Waals surface area contributed by atoms with E-state index in [1.165, 1.54) is 0 Å². The van der Waals surface area contributed by atoms with E-state index in [1.807, 2.05) is 81.4 Å². The van der Waals surface area contributed by atoms with Crippen molar-refractivity contribution in [2.75, 3.05) is 0 Å². The van der Waals surface area contributed by atoms with Crippen LogP contribution in [0.1, 0.15) is 64.0 Å². The molecule has 0 amide bonds. The Kier molecular flexibility index (Phi) is 10.1. The molecule has 0 aliphatic heterocycles. The van der Waals surface area contributed by atoms with Crippen LogP contribution in [0, 0.1) is 5.92 Å². The van der Waals surface area contributed by atoms with E-state index in [-0.39, 0.29) is 37.6 Å². The van der Waals surface area contributed by atoms with Gasteiger partial charge in [-0.3, -0.25) is 14.4 Å². The smallest absolute Gasteiger partial charge is 0.324 e. The van der Waals surface area contributed by atoms with E-state index >= 15 is 0 Å². The van der Waals surface area contributed by atoms with Crippen molar-refractivity contribution in [1.29, 1.82) is 0 Å². The predicted octanol–water partition coefficient (Wildman–Crippen LogP) is 4.72. The second kappa shape index (κ2) is 13.2. The summed E-state index contributed by atoms with van der Waals surface area (Å²) in [4.78, 5) is 38.0. The highest BCUT2D eigenvalue weighted by atomic mass is 16.6. The minimum absolute atomic E-state index is 0.0140. The Hall–Kier alpha value is -3.19. The van der Waals surface area contributed by atoms with Crippen LogP contribution in [-0.4, -0.2) is 35.6 Å². The van der Waals surface area contributed by atoms with Crippen LogP contribution in [0.5, 0.6) is 0 Å². The molecular weight excluding hydrogens is 458 g/mol. The lowest BCUT2D eigenvalue weighted by atomic mass is 9.85. The summed E-state index contributed by atoms with van der Waals surface area (Å²) in [6.07, 6.45) is 2.59. The van der Waals surface area contributed by atoms with Crippen molar-refractivity contribution in [3.63, 3.8) is 0 Å². The van der Waals surface area contributed by atoms with Crippen molar-refractivity contribution in [3.05, 3.63) is 71.8 Å². The second-order valence-corrected chi connectivity index (χ2v) is 10.2. The molecular formula is C29H37NO6. The normalized spacial score (nSPS) is 18.6. The molecule has 1 N–H and O–H groups in total. The summed E-state index contributed by atoms with van der Waals surface area (Å²) in [6, 6.07) is 18.0. The highest BCUT2D eigenvalue weighted by Crippen LogP contribution is 2.27. The molecule has 0 radical (unpaired) electrons. The van der Waals surface area contributed by atoms with E-state index in [4.69, 9.17) is 14.2 Å². The molecule has 7 heteroatoms. The van der Waals surface area contributed by atoms with Gasteiger partial charge < -0.3 is 19.5 Å². The van der Waals surface area contributed by atoms with E-state index in [0.717, 1.165) is 11.1 Å². The van der Waals surface area contributed by atoms with E-state index in [1.54, 1.807) is 0 Å². The van der Waals surface area contributed by atoms with Gasteiger partial charge in [0, 0.05) is 6.04 Å². The van der Waals surface area contributed by atoms with Gasteiger partial charge in [-0.1, -0.05) is 60.7 Å². The fourth-order valence-electron chi connectivity index (χ4n) is 4.17. The number of rotatable bonds is 10. The van der Waals surface area contributed by atoms with Crippen molar-refractivity contribution < 1.29 is 28.6 Å². The number of hydrogen-bond donors (Lipinski definition) is 1.